The Morgan fingerprint density at radius 1 is 1.32 bits per heavy atom. The van der Waals surface area contributed by atoms with Gasteiger partial charge >= 0.3 is 0 Å². The van der Waals surface area contributed by atoms with Crippen molar-refractivity contribution in [2.24, 2.45) is 5.92 Å². The molecule has 1 fully saturated rings. The van der Waals surface area contributed by atoms with Gasteiger partial charge < -0.3 is 5.32 Å². The fourth-order valence-corrected chi connectivity index (χ4v) is 2.50. The van der Waals surface area contributed by atoms with Gasteiger partial charge in [-0.25, -0.2) is 0 Å². The first-order valence-electron chi connectivity index (χ1n) is 7.46. The predicted molar refractivity (Wildman–Crippen MR) is 79.2 cm³/mol. The monoisotopic (exact) mass is 259 g/mol. The molecule has 1 saturated carbocycles. The zero-order chi connectivity index (χ0) is 13.8. The van der Waals surface area contributed by atoms with Gasteiger partial charge in [-0.05, 0) is 50.5 Å². The number of hydrogen-bond acceptors (Lipinski definition) is 1. The molecular weight excluding hydrogens is 234 g/mol. The summed E-state index contributed by atoms with van der Waals surface area (Å²) in [6, 6.07) is 8.96. The third-order valence-electron chi connectivity index (χ3n) is 4.12. The molecule has 1 aliphatic rings. The number of carbonyl (C=O) groups is 1. The van der Waals surface area contributed by atoms with Crippen molar-refractivity contribution in [3.63, 3.8) is 0 Å². The Balaban J connectivity index is 2.00. The normalized spacial score (nSPS) is 17.8. The largest absolute Gasteiger partial charge is 0.354 e. The van der Waals surface area contributed by atoms with Gasteiger partial charge in [-0.1, -0.05) is 36.8 Å². The summed E-state index contributed by atoms with van der Waals surface area (Å²) in [5.41, 5.74) is 2.61. The second-order valence-corrected chi connectivity index (χ2v) is 5.94. The molecule has 2 unspecified atom stereocenters. The van der Waals surface area contributed by atoms with Gasteiger partial charge in [-0.2, -0.15) is 0 Å². The van der Waals surface area contributed by atoms with Crippen LogP contribution in [0.4, 0.5) is 0 Å². The number of nitrogens with one attached hydrogen (secondary N) is 1. The Morgan fingerprint density at radius 2 is 1.95 bits per heavy atom. The summed E-state index contributed by atoms with van der Waals surface area (Å²) in [6.45, 7) is 6.27. The van der Waals surface area contributed by atoms with E-state index in [-0.39, 0.29) is 11.9 Å². The van der Waals surface area contributed by atoms with Crippen molar-refractivity contribution < 1.29 is 4.79 Å². The van der Waals surface area contributed by atoms with E-state index in [0.29, 0.717) is 18.3 Å². The first kappa shape index (κ1) is 14.1. The van der Waals surface area contributed by atoms with Gasteiger partial charge in [0.25, 0.3) is 0 Å². The van der Waals surface area contributed by atoms with E-state index in [1.807, 2.05) is 0 Å². The van der Waals surface area contributed by atoms with E-state index in [1.54, 1.807) is 0 Å². The van der Waals surface area contributed by atoms with E-state index in [4.69, 9.17) is 0 Å². The molecule has 1 N–H and O–H groups in total. The molecule has 1 aromatic carbocycles. The van der Waals surface area contributed by atoms with Crippen LogP contribution in [0.15, 0.2) is 24.3 Å². The lowest BCUT2D eigenvalue weighted by Gasteiger charge is -2.18. The van der Waals surface area contributed by atoms with E-state index in [9.17, 15) is 4.79 Å². The van der Waals surface area contributed by atoms with E-state index >= 15 is 0 Å². The Hall–Kier alpha value is -1.31. The molecule has 0 saturated heterocycles. The molecule has 1 aromatic rings. The number of rotatable bonds is 6. The lowest BCUT2D eigenvalue weighted by molar-refractivity contribution is -0.122. The van der Waals surface area contributed by atoms with Gasteiger partial charge in [-0.15, -0.1) is 0 Å². The highest BCUT2D eigenvalue weighted by atomic mass is 16.1. The molecule has 2 heteroatoms. The summed E-state index contributed by atoms with van der Waals surface area (Å²) in [5.74, 6) is 1.32. The van der Waals surface area contributed by atoms with Gasteiger partial charge in [0.15, 0.2) is 0 Å². The van der Waals surface area contributed by atoms with Gasteiger partial charge in [-0.3, -0.25) is 4.79 Å². The molecule has 104 valence electrons. The summed E-state index contributed by atoms with van der Waals surface area (Å²) >= 11 is 0. The SMILES string of the molecule is CCC(C)NC(=O)CC(c1ccc(C)cc1)C1CC1. The maximum atomic E-state index is 12.1. The van der Waals surface area contributed by atoms with Crippen molar-refractivity contribution in [2.45, 2.75) is 58.4 Å². The minimum Gasteiger partial charge on any atom is -0.354 e. The Kier molecular flexibility index (Phi) is 4.62. The minimum atomic E-state index is 0.201. The van der Waals surface area contributed by atoms with Crippen molar-refractivity contribution >= 4 is 5.91 Å². The predicted octanol–water partition coefficient (Wildman–Crippen LogP) is 3.79. The third-order valence-corrected chi connectivity index (χ3v) is 4.12. The van der Waals surface area contributed by atoms with Crippen LogP contribution in [0.5, 0.6) is 0 Å². The fraction of sp³-hybridized carbons (Fsp3) is 0.588. The van der Waals surface area contributed by atoms with Crippen LogP contribution in [0.2, 0.25) is 0 Å². The van der Waals surface area contributed by atoms with E-state index in [2.05, 4.69) is 50.4 Å². The summed E-state index contributed by atoms with van der Waals surface area (Å²) in [4.78, 5) is 12.1. The molecule has 19 heavy (non-hydrogen) atoms. The maximum Gasteiger partial charge on any atom is 0.220 e. The lowest BCUT2D eigenvalue weighted by atomic mass is 9.90. The number of aryl methyl sites for hydroxylation is 1. The molecule has 1 amide bonds. The summed E-state index contributed by atoms with van der Waals surface area (Å²) < 4.78 is 0. The number of hydrogen-bond donors (Lipinski definition) is 1. The first-order valence-corrected chi connectivity index (χ1v) is 7.46. The van der Waals surface area contributed by atoms with Crippen LogP contribution < -0.4 is 5.32 Å². The summed E-state index contributed by atoms with van der Waals surface area (Å²) in [5, 5.41) is 3.08. The molecule has 2 rings (SSSR count). The summed E-state index contributed by atoms with van der Waals surface area (Å²) in [7, 11) is 0. The van der Waals surface area contributed by atoms with Crippen LogP contribution in [-0.2, 0) is 4.79 Å². The second-order valence-electron chi connectivity index (χ2n) is 5.94. The van der Waals surface area contributed by atoms with Crippen LogP contribution in [0.3, 0.4) is 0 Å². The van der Waals surface area contributed by atoms with Crippen LogP contribution >= 0.6 is 0 Å². The molecule has 0 radical (unpaired) electrons. The molecule has 1 aliphatic carbocycles. The highest BCUT2D eigenvalue weighted by Gasteiger charge is 2.33. The van der Waals surface area contributed by atoms with Crippen molar-refractivity contribution in [2.75, 3.05) is 0 Å². The molecule has 0 bridgehead atoms. The lowest BCUT2D eigenvalue weighted by Crippen LogP contribution is -2.33. The van der Waals surface area contributed by atoms with Crippen molar-refractivity contribution in [3.05, 3.63) is 35.4 Å². The zero-order valence-electron chi connectivity index (χ0n) is 12.3. The van der Waals surface area contributed by atoms with Crippen molar-refractivity contribution in [1.29, 1.82) is 0 Å². The second kappa shape index (κ2) is 6.23. The van der Waals surface area contributed by atoms with Gasteiger partial charge in [0, 0.05) is 12.5 Å². The molecule has 0 spiro atoms. The number of benzene rings is 1. The molecule has 0 heterocycles. The highest BCUT2D eigenvalue weighted by Crippen LogP contribution is 2.44. The topological polar surface area (TPSA) is 29.1 Å². The van der Waals surface area contributed by atoms with Crippen molar-refractivity contribution in [1.82, 2.24) is 5.32 Å². The molecular formula is C17H25NO. The van der Waals surface area contributed by atoms with E-state index in [1.165, 1.54) is 24.0 Å². The Bertz CT molecular complexity index is 419. The quantitative estimate of drug-likeness (QED) is 0.827. The van der Waals surface area contributed by atoms with Crippen LogP contribution in [0, 0.1) is 12.8 Å². The fourth-order valence-electron chi connectivity index (χ4n) is 2.50. The molecule has 0 aromatic heterocycles. The highest BCUT2D eigenvalue weighted by molar-refractivity contribution is 5.77. The van der Waals surface area contributed by atoms with Gasteiger partial charge in [0.2, 0.25) is 5.91 Å². The minimum absolute atomic E-state index is 0.201. The Labute approximate surface area is 116 Å². The molecule has 2 nitrogen and oxygen atoms in total. The van der Waals surface area contributed by atoms with Crippen LogP contribution in [0.1, 0.15) is 56.6 Å². The smallest absolute Gasteiger partial charge is 0.220 e. The van der Waals surface area contributed by atoms with Crippen LogP contribution in [0.25, 0.3) is 0 Å². The number of amides is 1. The summed E-state index contributed by atoms with van der Waals surface area (Å²) in [6.07, 6.45) is 4.17. The standard InChI is InChI=1S/C17H25NO/c1-4-13(3)18-17(19)11-16(15-9-10-15)14-7-5-12(2)6-8-14/h5-8,13,15-16H,4,9-11H2,1-3H3,(H,18,19). The van der Waals surface area contributed by atoms with Crippen molar-refractivity contribution in [3.8, 4) is 0 Å². The van der Waals surface area contributed by atoms with Crippen LogP contribution in [-0.4, -0.2) is 11.9 Å². The zero-order valence-corrected chi connectivity index (χ0v) is 12.3. The first-order chi connectivity index (χ1) is 9.10. The molecule has 2 atom stereocenters. The van der Waals surface area contributed by atoms with Gasteiger partial charge in [0.1, 0.15) is 0 Å². The molecule has 0 aliphatic heterocycles. The Morgan fingerprint density at radius 3 is 2.47 bits per heavy atom. The van der Waals surface area contributed by atoms with Gasteiger partial charge in [0.05, 0.1) is 0 Å². The third kappa shape index (κ3) is 4.09. The van der Waals surface area contributed by atoms with E-state index in [0.717, 1.165) is 6.42 Å². The maximum absolute atomic E-state index is 12.1. The average Bonchev–Trinajstić information content (AvgIpc) is 3.21. The van der Waals surface area contributed by atoms with E-state index < -0.39 is 0 Å². The average molecular weight is 259 g/mol. The number of carbonyl (C=O) groups excluding carboxylic acids is 1.